The molecular weight excluding hydrogens is 304 g/mol. The molecule has 1 rings (SSSR count). The van der Waals surface area contributed by atoms with Crippen molar-refractivity contribution in [2.24, 2.45) is 5.92 Å². The van der Waals surface area contributed by atoms with Crippen molar-refractivity contribution in [1.82, 2.24) is 10.2 Å². The second-order valence-corrected chi connectivity index (χ2v) is 9.56. The first-order valence-corrected chi connectivity index (χ1v) is 9.68. The van der Waals surface area contributed by atoms with Crippen LogP contribution >= 0.6 is 0 Å². The third-order valence-corrected chi connectivity index (χ3v) is 5.33. The SMILES string of the molecule is CC(CNC1CCCS(=O)(=O)C1)CN(C)C(=O)OC(C)(C)C. The molecule has 1 aliphatic rings. The zero-order chi connectivity index (χ0) is 17.0. The Bertz CT molecular complexity index is 470. The molecule has 0 spiro atoms. The first-order valence-electron chi connectivity index (χ1n) is 7.86. The van der Waals surface area contributed by atoms with Crippen molar-refractivity contribution >= 4 is 15.9 Å². The van der Waals surface area contributed by atoms with E-state index in [2.05, 4.69) is 5.32 Å². The number of hydrogen-bond acceptors (Lipinski definition) is 5. The molecule has 0 aromatic heterocycles. The van der Waals surface area contributed by atoms with Gasteiger partial charge in [-0.05, 0) is 46.1 Å². The van der Waals surface area contributed by atoms with E-state index in [1.54, 1.807) is 11.9 Å². The van der Waals surface area contributed by atoms with Gasteiger partial charge in [0.2, 0.25) is 0 Å². The first-order chi connectivity index (χ1) is 9.98. The molecule has 0 saturated carbocycles. The molecule has 1 amide bonds. The number of nitrogens with zero attached hydrogens (tertiary/aromatic N) is 1. The number of carbonyl (C=O) groups is 1. The molecule has 0 aliphatic carbocycles. The lowest BCUT2D eigenvalue weighted by molar-refractivity contribution is 0.0276. The number of carbonyl (C=O) groups excluding carboxylic acids is 1. The average Bonchev–Trinajstić information content (AvgIpc) is 2.33. The van der Waals surface area contributed by atoms with Gasteiger partial charge in [-0.3, -0.25) is 0 Å². The lowest BCUT2D eigenvalue weighted by atomic mass is 10.1. The molecule has 130 valence electrons. The van der Waals surface area contributed by atoms with E-state index in [0.29, 0.717) is 18.8 Å². The van der Waals surface area contributed by atoms with Crippen LogP contribution in [-0.2, 0) is 14.6 Å². The highest BCUT2D eigenvalue weighted by atomic mass is 32.2. The second kappa shape index (κ2) is 7.64. The van der Waals surface area contributed by atoms with Gasteiger partial charge in [-0.1, -0.05) is 6.92 Å². The molecule has 22 heavy (non-hydrogen) atoms. The number of amides is 1. The molecule has 0 aromatic carbocycles. The van der Waals surface area contributed by atoms with Gasteiger partial charge in [-0.25, -0.2) is 13.2 Å². The van der Waals surface area contributed by atoms with Crippen molar-refractivity contribution in [1.29, 1.82) is 0 Å². The normalized spacial score (nSPS) is 22.9. The summed E-state index contributed by atoms with van der Waals surface area (Å²) in [5, 5.41) is 3.31. The van der Waals surface area contributed by atoms with Gasteiger partial charge in [0.1, 0.15) is 5.60 Å². The van der Waals surface area contributed by atoms with Crippen molar-refractivity contribution in [3.63, 3.8) is 0 Å². The molecule has 1 fully saturated rings. The topological polar surface area (TPSA) is 75.7 Å². The lowest BCUT2D eigenvalue weighted by Crippen LogP contribution is -2.44. The monoisotopic (exact) mass is 334 g/mol. The van der Waals surface area contributed by atoms with E-state index in [1.807, 2.05) is 27.7 Å². The summed E-state index contributed by atoms with van der Waals surface area (Å²) in [5.41, 5.74) is -0.497. The molecule has 2 unspecified atom stereocenters. The largest absolute Gasteiger partial charge is 0.444 e. The van der Waals surface area contributed by atoms with E-state index in [-0.39, 0.29) is 23.8 Å². The molecule has 1 N–H and O–H groups in total. The smallest absolute Gasteiger partial charge is 0.410 e. The Kier molecular flexibility index (Phi) is 6.67. The van der Waals surface area contributed by atoms with E-state index in [0.717, 1.165) is 12.8 Å². The third-order valence-electron chi connectivity index (χ3n) is 3.51. The molecule has 1 saturated heterocycles. The number of sulfone groups is 1. The van der Waals surface area contributed by atoms with Crippen molar-refractivity contribution in [3.05, 3.63) is 0 Å². The number of nitrogens with one attached hydrogen (secondary N) is 1. The molecule has 1 heterocycles. The Morgan fingerprint density at radius 1 is 1.41 bits per heavy atom. The van der Waals surface area contributed by atoms with Crippen LogP contribution in [0.3, 0.4) is 0 Å². The van der Waals surface area contributed by atoms with E-state index in [1.165, 1.54) is 0 Å². The summed E-state index contributed by atoms with van der Waals surface area (Å²) in [5.74, 6) is 0.756. The molecule has 0 bridgehead atoms. The van der Waals surface area contributed by atoms with E-state index in [4.69, 9.17) is 4.74 Å². The van der Waals surface area contributed by atoms with E-state index >= 15 is 0 Å². The van der Waals surface area contributed by atoms with Gasteiger partial charge in [0, 0.05) is 19.6 Å². The highest BCUT2D eigenvalue weighted by molar-refractivity contribution is 7.91. The van der Waals surface area contributed by atoms with Gasteiger partial charge in [0.25, 0.3) is 0 Å². The quantitative estimate of drug-likeness (QED) is 0.827. The van der Waals surface area contributed by atoms with Gasteiger partial charge >= 0.3 is 6.09 Å². The summed E-state index contributed by atoms with van der Waals surface area (Å²) >= 11 is 0. The molecular formula is C15H30N2O4S. The average molecular weight is 334 g/mol. The van der Waals surface area contributed by atoms with Crippen LogP contribution < -0.4 is 5.32 Å². The Morgan fingerprint density at radius 2 is 2.05 bits per heavy atom. The Morgan fingerprint density at radius 3 is 2.59 bits per heavy atom. The van der Waals surface area contributed by atoms with E-state index in [9.17, 15) is 13.2 Å². The maximum Gasteiger partial charge on any atom is 0.410 e. The molecule has 1 aliphatic heterocycles. The predicted octanol–water partition coefficient (Wildman–Crippen LogP) is 1.66. The number of hydrogen-bond donors (Lipinski definition) is 1. The van der Waals surface area contributed by atoms with Gasteiger partial charge < -0.3 is 15.0 Å². The van der Waals surface area contributed by atoms with Crippen LogP contribution in [-0.4, -0.2) is 62.7 Å². The van der Waals surface area contributed by atoms with Crippen LogP contribution in [0.5, 0.6) is 0 Å². The fourth-order valence-electron chi connectivity index (χ4n) is 2.50. The number of rotatable bonds is 5. The third kappa shape index (κ3) is 7.45. The summed E-state index contributed by atoms with van der Waals surface area (Å²) in [6, 6.07) is 0.0352. The fraction of sp³-hybridized carbons (Fsp3) is 0.933. The minimum atomic E-state index is -2.88. The fourth-order valence-corrected chi connectivity index (χ4v) is 4.17. The zero-order valence-corrected chi connectivity index (χ0v) is 15.2. The summed E-state index contributed by atoms with van der Waals surface area (Å²) in [6.07, 6.45) is 1.29. The first kappa shape index (κ1) is 19.2. The van der Waals surface area contributed by atoms with Crippen LogP contribution in [0.15, 0.2) is 0 Å². The van der Waals surface area contributed by atoms with Crippen LogP contribution in [0.2, 0.25) is 0 Å². The number of ether oxygens (including phenoxy) is 1. The van der Waals surface area contributed by atoms with Crippen molar-refractivity contribution in [2.75, 3.05) is 31.6 Å². The Balaban J connectivity index is 2.33. The standard InChI is InChI=1S/C15H30N2O4S/c1-12(10-17(5)14(18)21-15(2,3)4)9-16-13-7-6-8-22(19,20)11-13/h12-13,16H,6-11H2,1-5H3. The van der Waals surface area contributed by atoms with Crippen LogP contribution in [0, 0.1) is 5.92 Å². The minimum absolute atomic E-state index is 0.0352. The minimum Gasteiger partial charge on any atom is -0.444 e. The zero-order valence-electron chi connectivity index (χ0n) is 14.4. The Hall–Kier alpha value is -0.820. The summed E-state index contributed by atoms with van der Waals surface area (Å²) in [6.45, 7) is 8.81. The summed E-state index contributed by atoms with van der Waals surface area (Å²) in [7, 11) is -1.17. The summed E-state index contributed by atoms with van der Waals surface area (Å²) < 4.78 is 28.5. The van der Waals surface area contributed by atoms with Crippen LogP contribution in [0.4, 0.5) is 4.79 Å². The molecule has 6 nitrogen and oxygen atoms in total. The van der Waals surface area contributed by atoms with Crippen molar-refractivity contribution in [2.45, 2.75) is 52.2 Å². The van der Waals surface area contributed by atoms with Gasteiger partial charge in [-0.2, -0.15) is 0 Å². The highest BCUT2D eigenvalue weighted by Gasteiger charge is 2.25. The maximum absolute atomic E-state index is 11.9. The second-order valence-electron chi connectivity index (χ2n) is 7.33. The van der Waals surface area contributed by atoms with Crippen molar-refractivity contribution in [3.8, 4) is 0 Å². The van der Waals surface area contributed by atoms with Gasteiger partial charge in [0.05, 0.1) is 11.5 Å². The van der Waals surface area contributed by atoms with E-state index < -0.39 is 15.4 Å². The lowest BCUT2D eigenvalue weighted by Gasteiger charge is -2.28. The molecule has 7 heteroatoms. The molecule has 0 aromatic rings. The highest BCUT2D eigenvalue weighted by Crippen LogP contribution is 2.13. The Labute approximate surface area is 134 Å². The van der Waals surface area contributed by atoms with Crippen molar-refractivity contribution < 1.29 is 17.9 Å². The summed E-state index contributed by atoms with van der Waals surface area (Å²) in [4.78, 5) is 13.5. The van der Waals surface area contributed by atoms with Gasteiger partial charge in [-0.15, -0.1) is 0 Å². The van der Waals surface area contributed by atoms with Crippen LogP contribution in [0.1, 0.15) is 40.5 Å². The predicted molar refractivity (Wildman–Crippen MR) is 87.7 cm³/mol. The molecule has 0 radical (unpaired) electrons. The maximum atomic E-state index is 11.9. The molecule has 2 atom stereocenters. The van der Waals surface area contributed by atoms with Gasteiger partial charge in [0.15, 0.2) is 9.84 Å². The van der Waals surface area contributed by atoms with Crippen LogP contribution in [0.25, 0.3) is 0 Å².